The van der Waals surface area contributed by atoms with Crippen molar-refractivity contribution in [2.45, 2.75) is 117 Å². The van der Waals surface area contributed by atoms with Gasteiger partial charge >= 0.3 is 0 Å². The summed E-state index contributed by atoms with van der Waals surface area (Å²) in [5.41, 5.74) is 0.0602. The number of ketones is 1. The zero-order valence-electron chi connectivity index (χ0n) is 25.9. The van der Waals surface area contributed by atoms with E-state index in [1.807, 2.05) is 6.07 Å². The lowest BCUT2D eigenvalue weighted by molar-refractivity contribution is -0.122. The Balaban J connectivity index is 0.000000359. The molecule has 7 heteroatoms. The van der Waals surface area contributed by atoms with Crippen LogP contribution in [0.3, 0.4) is 0 Å². The number of Topliss-reactive ketones (excluding diaryl/α,β-unsaturated/α-hetero) is 1. The van der Waals surface area contributed by atoms with Gasteiger partial charge in [-0.3, -0.25) is 4.79 Å². The summed E-state index contributed by atoms with van der Waals surface area (Å²) in [6, 6.07) is 9.76. The number of aryl methyl sites for hydroxylation is 1. The molecule has 0 aromatic heterocycles. The highest BCUT2D eigenvalue weighted by Gasteiger charge is 2.30. The second-order valence-electron chi connectivity index (χ2n) is 12.5. The average Bonchev–Trinajstić information content (AvgIpc) is 3.71. The molecule has 2 aromatic rings. The van der Waals surface area contributed by atoms with Gasteiger partial charge in [0.05, 0.1) is 17.2 Å². The maximum Gasteiger partial charge on any atom is 0.254 e. The molecule has 2 saturated carbocycles. The maximum absolute atomic E-state index is 14.1. The van der Waals surface area contributed by atoms with Crippen LogP contribution >= 0.6 is 15.9 Å². The van der Waals surface area contributed by atoms with Crippen molar-refractivity contribution in [1.29, 1.82) is 0 Å². The fourth-order valence-electron chi connectivity index (χ4n) is 5.53. The van der Waals surface area contributed by atoms with Crippen LogP contribution in [0.4, 0.5) is 8.78 Å². The van der Waals surface area contributed by atoms with Crippen LogP contribution in [0.5, 0.6) is 0 Å². The first-order valence-corrected chi connectivity index (χ1v) is 15.9. The van der Waals surface area contributed by atoms with Crippen LogP contribution < -0.4 is 0 Å². The van der Waals surface area contributed by atoms with Gasteiger partial charge in [-0.05, 0) is 73.9 Å². The standard InChI is InChI=1S/C18H22FNO.C10H9BrFN.C8H14O.CH4/c1-18(2,20-3)15-10-8-13(12-16(15)19)9-11-17(21)14-6-4-5-7-14;1-10(2,13-3)8-5-4-7(11)6-9(8)12;1-2-8(9)7-5-3-4-6-7;/h8,10,12,14H,4-7,9,11H2,1-2H3;4-6H,1-2H3;2,7-9H,1,3-6H2;1H4. The van der Waals surface area contributed by atoms with E-state index in [0.717, 1.165) is 31.2 Å². The number of carbonyl (C=O) groups excluding carboxylic acids is 1. The molecular formula is C37H49BrF2N2O2. The molecule has 0 heterocycles. The zero-order valence-corrected chi connectivity index (χ0v) is 27.5. The highest BCUT2D eigenvalue weighted by molar-refractivity contribution is 9.10. The van der Waals surface area contributed by atoms with Gasteiger partial charge in [-0.2, -0.15) is 0 Å². The molecular weight excluding hydrogens is 622 g/mol. The molecule has 2 fully saturated rings. The van der Waals surface area contributed by atoms with Crippen LogP contribution in [-0.2, 0) is 22.3 Å². The summed E-state index contributed by atoms with van der Waals surface area (Å²) in [4.78, 5) is 18.9. The van der Waals surface area contributed by atoms with Crippen molar-refractivity contribution in [2.75, 3.05) is 0 Å². The van der Waals surface area contributed by atoms with Gasteiger partial charge in [-0.1, -0.05) is 61.2 Å². The van der Waals surface area contributed by atoms with Gasteiger partial charge in [0.1, 0.15) is 17.4 Å². The van der Waals surface area contributed by atoms with Crippen LogP contribution in [0.2, 0.25) is 0 Å². The minimum Gasteiger partial charge on any atom is -0.389 e. The number of halogens is 3. The first-order valence-electron chi connectivity index (χ1n) is 15.1. The zero-order chi connectivity index (χ0) is 32.2. The second-order valence-corrected chi connectivity index (χ2v) is 13.4. The molecule has 2 aliphatic carbocycles. The van der Waals surface area contributed by atoms with E-state index in [-0.39, 0.29) is 31.1 Å². The van der Waals surface area contributed by atoms with Gasteiger partial charge in [0.25, 0.3) is 11.1 Å². The number of aliphatic hydroxyl groups is 1. The second kappa shape index (κ2) is 18.2. The van der Waals surface area contributed by atoms with Crippen molar-refractivity contribution < 1.29 is 18.7 Å². The molecule has 4 rings (SSSR count). The van der Waals surface area contributed by atoms with E-state index in [4.69, 9.17) is 13.1 Å². The van der Waals surface area contributed by atoms with E-state index in [1.165, 1.54) is 37.8 Å². The Bertz CT molecular complexity index is 1310. The molecule has 0 amide bonds. The highest BCUT2D eigenvalue weighted by atomic mass is 79.9. The normalized spacial score (nSPS) is 15.8. The lowest BCUT2D eigenvalue weighted by Gasteiger charge is -2.13. The Morgan fingerprint density at radius 3 is 1.89 bits per heavy atom. The molecule has 1 atom stereocenters. The summed E-state index contributed by atoms with van der Waals surface area (Å²) < 4.78 is 28.2. The quantitative estimate of drug-likeness (QED) is 0.224. The van der Waals surface area contributed by atoms with Gasteiger partial charge < -0.3 is 14.8 Å². The molecule has 0 saturated heterocycles. The van der Waals surface area contributed by atoms with Gasteiger partial charge in [-0.15, -0.1) is 6.58 Å². The molecule has 1 unspecified atom stereocenters. The van der Waals surface area contributed by atoms with E-state index >= 15 is 0 Å². The van der Waals surface area contributed by atoms with Gasteiger partial charge in [-0.25, -0.2) is 21.9 Å². The Morgan fingerprint density at radius 1 is 0.955 bits per heavy atom. The Morgan fingerprint density at radius 2 is 1.43 bits per heavy atom. The number of carbonyl (C=O) groups is 1. The summed E-state index contributed by atoms with van der Waals surface area (Å²) in [5.74, 6) is 0.383. The van der Waals surface area contributed by atoms with Crippen molar-refractivity contribution in [3.05, 3.63) is 105 Å². The average molecular weight is 672 g/mol. The number of aliphatic hydroxyl groups excluding tert-OH is 1. The van der Waals surface area contributed by atoms with Crippen LogP contribution in [0.25, 0.3) is 9.69 Å². The Labute approximate surface area is 272 Å². The minimum atomic E-state index is -0.845. The van der Waals surface area contributed by atoms with E-state index in [1.54, 1.807) is 52.0 Å². The van der Waals surface area contributed by atoms with Crippen LogP contribution in [-0.4, -0.2) is 17.0 Å². The molecule has 44 heavy (non-hydrogen) atoms. The molecule has 1 N–H and O–H groups in total. The lowest BCUT2D eigenvalue weighted by atomic mass is 9.92. The lowest BCUT2D eigenvalue weighted by Crippen LogP contribution is -2.14. The van der Waals surface area contributed by atoms with Crippen molar-refractivity contribution in [3.63, 3.8) is 0 Å². The number of rotatable bonds is 8. The first-order chi connectivity index (χ1) is 20.2. The SMILES string of the molecule is C.C=CC(O)C1CCCC1.[C-]#[N+]C(C)(C)c1ccc(Br)cc1F.[C-]#[N+]C(C)(C)c1ccc(CCC(=O)C2CCCC2)cc1F. The molecule has 2 aliphatic rings. The van der Waals surface area contributed by atoms with Gasteiger partial charge in [0, 0.05) is 44.5 Å². The summed E-state index contributed by atoms with van der Waals surface area (Å²) >= 11 is 3.17. The third-order valence-corrected chi connectivity index (χ3v) is 8.93. The molecule has 240 valence electrons. The Kier molecular flexibility index (Phi) is 16.2. The Hall–Kier alpha value is -2.87. The smallest absolute Gasteiger partial charge is 0.254 e. The van der Waals surface area contributed by atoms with Crippen molar-refractivity contribution in [1.82, 2.24) is 0 Å². The van der Waals surface area contributed by atoms with E-state index in [9.17, 15) is 18.7 Å². The highest BCUT2D eigenvalue weighted by Crippen LogP contribution is 2.31. The number of benzene rings is 2. The molecule has 2 aromatic carbocycles. The van der Waals surface area contributed by atoms with Crippen LogP contribution in [0, 0.1) is 36.6 Å². The summed E-state index contributed by atoms with van der Waals surface area (Å²) in [7, 11) is 0. The topological polar surface area (TPSA) is 46.0 Å². The number of hydrogen-bond acceptors (Lipinski definition) is 2. The van der Waals surface area contributed by atoms with E-state index < -0.39 is 11.1 Å². The third kappa shape index (κ3) is 11.6. The molecule has 4 nitrogen and oxygen atoms in total. The third-order valence-electron chi connectivity index (χ3n) is 8.44. The largest absolute Gasteiger partial charge is 0.389 e. The molecule has 0 radical (unpaired) electrons. The number of nitrogens with zero attached hydrogens (tertiary/aromatic N) is 2. The predicted octanol–water partition coefficient (Wildman–Crippen LogP) is 10.8. The van der Waals surface area contributed by atoms with Crippen LogP contribution in [0.15, 0.2) is 53.5 Å². The van der Waals surface area contributed by atoms with E-state index in [0.29, 0.717) is 40.1 Å². The number of hydrogen-bond donors (Lipinski definition) is 1. The summed E-state index contributed by atoms with van der Waals surface area (Å²) in [6.07, 6.45) is 11.8. The molecule has 0 aliphatic heterocycles. The summed E-state index contributed by atoms with van der Waals surface area (Å²) in [5, 5.41) is 9.24. The molecule has 0 bridgehead atoms. The van der Waals surface area contributed by atoms with E-state index in [2.05, 4.69) is 32.2 Å². The first kappa shape index (κ1) is 39.2. The van der Waals surface area contributed by atoms with Crippen molar-refractivity contribution >= 4 is 21.7 Å². The maximum atomic E-state index is 14.1. The summed E-state index contributed by atoms with van der Waals surface area (Å²) in [6.45, 7) is 24.5. The van der Waals surface area contributed by atoms with Crippen LogP contribution in [0.1, 0.15) is 110 Å². The fourth-order valence-corrected chi connectivity index (χ4v) is 5.86. The monoisotopic (exact) mass is 670 g/mol. The van der Waals surface area contributed by atoms with Gasteiger partial charge in [0.15, 0.2) is 0 Å². The van der Waals surface area contributed by atoms with Crippen molar-refractivity contribution in [3.8, 4) is 0 Å². The minimum absolute atomic E-state index is 0. The van der Waals surface area contributed by atoms with Crippen molar-refractivity contribution in [2.24, 2.45) is 11.8 Å². The predicted molar refractivity (Wildman–Crippen MR) is 180 cm³/mol. The van der Waals surface area contributed by atoms with Gasteiger partial charge in [0.2, 0.25) is 0 Å². The fraction of sp³-hybridized carbons (Fsp3) is 0.541. The molecule has 0 spiro atoms.